The van der Waals surface area contributed by atoms with Crippen LogP contribution in [0.4, 0.5) is 0 Å². The molecule has 0 unspecified atom stereocenters. The first kappa shape index (κ1) is 25.0. The second-order valence-electron chi connectivity index (χ2n) is 8.04. The Morgan fingerprint density at radius 2 is 2.09 bits per heavy atom. The van der Waals surface area contributed by atoms with E-state index in [4.69, 9.17) is 9.63 Å². The minimum absolute atomic E-state index is 0. The fraction of sp³-hybridized carbons (Fsp3) is 0.500. The molecule has 2 fully saturated rings. The molecule has 1 aromatic rings. The topological polar surface area (TPSA) is 153 Å². The molecule has 1 amide bonds. The summed E-state index contributed by atoms with van der Waals surface area (Å²) < 4.78 is 4.96. The number of thioether (sulfide) groups is 1. The van der Waals surface area contributed by atoms with Gasteiger partial charge in [0.15, 0.2) is 11.5 Å². The molecule has 1 aromatic heterocycles. The van der Waals surface area contributed by atoms with E-state index in [0.29, 0.717) is 17.2 Å². The van der Waals surface area contributed by atoms with Gasteiger partial charge in [0.25, 0.3) is 0 Å². The molecular weight excluding hydrogens is 449 g/mol. The van der Waals surface area contributed by atoms with Crippen molar-refractivity contribution in [3.05, 3.63) is 34.2 Å². The Labute approximate surface area is 210 Å². The molecular formula is C20H23N3NaO7S+. The Hall–Kier alpha value is -1.63. The molecule has 3 aliphatic rings. The normalized spacial score (nSPS) is 30.3. The van der Waals surface area contributed by atoms with Crippen LogP contribution >= 0.6 is 11.8 Å². The third-order valence-corrected chi connectivity index (χ3v) is 7.48. The zero-order valence-corrected chi connectivity index (χ0v) is 20.7. The third-order valence-electron chi connectivity index (χ3n) is 5.97. The van der Waals surface area contributed by atoms with E-state index in [1.54, 1.807) is 13.0 Å². The fourth-order valence-electron chi connectivity index (χ4n) is 4.51. The minimum atomic E-state index is -1.16. The smallest absolute Gasteiger partial charge is 0.477 e. The van der Waals surface area contributed by atoms with E-state index >= 15 is 0 Å². The standard InChI is InChI=1S/C20H23N3O7S.Na/c1-8-15-14(9(2)24)18(25)23(15)16(20(28)29)17(8)31-12-5-10(21-7-12)3-4-11-6-13(19(26)27)22-30-11;/h3-4,6,8-10,12,14-15,21,24H,5,7H2,1-2H3,(H,26,27)(H,28,29);/q;+1/b4-3+;/t8-,9-,10-,12+,14-,15-;/m1./s1. The van der Waals surface area contributed by atoms with Crippen LogP contribution in [0.25, 0.3) is 6.08 Å². The van der Waals surface area contributed by atoms with E-state index in [9.17, 15) is 24.6 Å². The number of carbonyl (C=O) groups excluding carboxylic acids is 1. The van der Waals surface area contributed by atoms with Gasteiger partial charge in [0.2, 0.25) is 5.91 Å². The first-order chi connectivity index (χ1) is 14.7. The van der Waals surface area contributed by atoms with Crippen molar-refractivity contribution in [1.29, 1.82) is 0 Å². The molecule has 0 aliphatic carbocycles. The van der Waals surface area contributed by atoms with Gasteiger partial charge in [-0.1, -0.05) is 18.2 Å². The number of rotatable bonds is 7. The fourth-order valence-corrected chi connectivity index (χ4v) is 6.00. The number of aliphatic hydroxyl groups excluding tert-OH is 1. The Morgan fingerprint density at radius 1 is 1.38 bits per heavy atom. The molecule has 0 bridgehead atoms. The van der Waals surface area contributed by atoms with E-state index < -0.39 is 24.0 Å². The van der Waals surface area contributed by atoms with Crippen molar-refractivity contribution >= 4 is 35.7 Å². The number of aliphatic hydroxyl groups is 1. The average Bonchev–Trinajstić information content (AvgIpc) is 3.39. The third kappa shape index (κ3) is 4.42. The first-order valence-corrected chi connectivity index (χ1v) is 10.8. The molecule has 32 heavy (non-hydrogen) atoms. The maximum absolute atomic E-state index is 12.4. The number of hydrogen-bond acceptors (Lipinski definition) is 8. The predicted molar refractivity (Wildman–Crippen MR) is 110 cm³/mol. The number of carboxylic acids is 2. The number of aromatic carboxylic acids is 1. The number of carboxylic acid groups (broad SMARTS) is 2. The number of nitrogens with zero attached hydrogens (tertiary/aromatic N) is 2. The molecule has 10 nitrogen and oxygen atoms in total. The summed E-state index contributed by atoms with van der Waals surface area (Å²) in [7, 11) is 0. The van der Waals surface area contributed by atoms with Crippen LogP contribution in [0, 0.1) is 11.8 Å². The van der Waals surface area contributed by atoms with Crippen LogP contribution in [-0.2, 0) is 9.59 Å². The van der Waals surface area contributed by atoms with Crippen molar-refractivity contribution in [3.8, 4) is 0 Å². The summed E-state index contributed by atoms with van der Waals surface area (Å²) in [5.41, 5.74) is -0.128. The summed E-state index contributed by atoms with van der Waals surface area (Å²) in [6.45, 7) is 4.11. The molecule has 4 N–H and O–H groups in total. The summed E-state index contributed by atoms with van der Waals surface area (Å²) in [6, 6.07) is 1.02. The molecule has 0 spiro atoms. The Bertz CT molecular complexity index is 992. The van der Waals surface area contributed by atoms with Crippen molar-refractivity contribution in [1.82, 2.24) is 15.4 Å². The zero-order chi connectivity index (χ0) is 22.4. The summed E-state index contributed by atoms with van der Waals surface area (Å²) >= 11 is 1.47. The van der Waals surface area contributed by atoms with Gasteiger partial charge >= 0.3 is 41.5 Å². The number of nitrogens with one attached hydrogen (secondary N) is 1. The van der Waals surface area contributed by atoms with E-state index in [1.165, 1.54) is 22.7 Å². The van der Waals surface area contributed by atoms with Gasteiger partial charge in [0.1, 0.15) is 5.70 Å². The van der Waals surface area contributed by atoms with Gasteiger partial charge in [-0.3, -0.25) is 4.79 Å². The van der Waals surface area contributed by atoms with Crippen molar-refractivity contribution in [2.24, 2.45) is 11.8 Å². The number of fused-ring (bicyclic) bond motifs is 1. The van der Waals surface area contributed by atoms with Crippen LogP contribution < -0.4 is 34.9 Å². The maximum atomic E-state index is 12.4. The van der Waals surface area contributed by atoms with Gasteiger partial charge < -0.3 is 30.1 Å². The summed E-state index contributed by atoms with van der Waals surface area (Å²) in [6.07, 6.45) is 3.42. The quantitative estimate of drug-likeness (QED) is 0.259. The number of carbonyl (C=O) groups is 3. The minimum Gasteiger partial charge on any atom is -0.477 e. The van der Waals surface area contributed by atoms with Crippen LogP contribution in [0.5, 0.6) is 0 Å². The first-order valence-electron chi connectivity index (χ1n) is 9.96. The molecule has 3 aliphatic heterocycles. The van der Waals surface area contributed by atoms with E-state index in [2.05, 4.69) is 10.5 Å². The number of amides is 1. The van der Waals surface area contributed by atoms with Crippen LogP contribution in [0.2, 0.25) is 0 Å². The van der Waals surface area contributed by atoms with Crippen molar-refractivity contribution < 1.29 is 63.8 Å². The number of aromatic nitrogens is 1. The molecule has 2 saturated heterocycles. The maximum Gasteiger partial charge on any atom is 1.00 e. The molecule has 0 radical (unpaired) electrons. The van der Waals surface area contributed by atoms with Gasteiger partial charge in [0.05, 0.1) is 18.1 Å². The Balaban J connectivity index is 0.00000289. The van der Waals surface area contributed by atoms with Gasteiger partial charge in [-0.05, 0) is 19.4 Å². The SMILES string of the molecule is C[C@@H](O)[C@H]1C(=O)N2C(C(=O)O)=C(S[C@@H]3CN[C@H](/C=C/c4cc(C(=O)O)no4)C3)[C@H](C)[C@H]12.[Na+]. The molecule has 6 atom stereocenters. The van der Waals surface area contributed by atoms with E-state index in [1.807, 2.05) is 13.0 Å². The van der Waals surface area contributed by atoms with Crippen LogP contribution in [0.1, 0.15) is 36.5 Å². The van der Waals surface area contributed by atoms with Crippen molar-refractivity contribution in [2.75, 3.05) is 6.54 Å². The number of aliphatic carboxylic acids is 1. The second kappa shape index (κ2) is 9.70. The zero-order valence-electron chi connectivity index (χ0n) is 17.9. The van der Waals surface area contributed by atoms with Gasteiger partial charge in [-0.25, -0.2) is 9.59 Å². The van der Waals surface area contributed by atoms with Gasteiger partial charge in [0, 0.05) is 34.7 Å². The van der Waals surface area contributed by atoms with Crippen LogP contribution in [0.15, 0.2) is 27.3 Å². The van der Waals surface area contributed by atoms with E-state index in [0.717, 1.165) is 6.42 Å². The van der Waals surface area contributed by atoms with Gasteiger partial charge in [-0.2, -0.15) is 0 Å². The average molecular weight is 472 g/mol. The Morgan fingerprint density at radius 3 is 2.69 bits per heavy atom. The van der Waals surface area contributed by atoms with E-state index in [-0.39, 0.29) is 70.1 Å². The molecule has 4 rings (SSSR count). The largest absolute Gasteiger partial charge is 1.00 e. The summed E-state index contributed by atoms with van der Waals surface area (Å²) in [4.78, 5) is 37.2. The monoisotopic (exact) mass is 472 g/mol. The summed E-state index contributed by atoms with van der Waals surface area (Å²) in [5.74, 6) is -3.02. The number of hydrogen-bond donors (Lipinski definition) is 4. The molecule has 0 saturated carbocycles. The van der Waals surface area contributed by atoms with Crippen LogP contribution in [0.3, 0.4) is 0 Å². The summed E-state index contributed by atoms with van der Waals surface area (Å²) in [5, 5.41) is 35.5. The van der Waals surface area contributed by atoms with Crippen molar-refractivity contribution in [3.63, 3.8) is 0 Å². The van der Waals surface area contributed by atoms with Gasteiger partial charge in [-0.15, -0.1) is 11.8 Å². The molecule has 0 aromatic carbocycles. The Kier molecular flexibility index (Phi) is 7.58. The number of β-lactam (4-membered cyclic amide) rings is 1. The predicted octanol–water partition coefficient (Wildman–Crippen LogP) is -1.99. The molecule has 12 heteroatoms. The molecule has 4 heterocycles. The molecule has 166 valence electrons. The second-order valence-corrected chi connectivity index (χ2v) is 9.38. The van der Waals surface area contributed by atoms with Crippen LogP contribution in [-0.4, -0.2) is 73.2 Å². The van der Waals surface area contributed by atoms with Crippen molar-refractivity contribution in [2.45, 2.75) is 43.7 Å².